The van der Waals surface area contributed by atoms with Crippen LogP contribution in [-0.4, -0.2) is 4.98 Å². The Bertz CT molecular complexity index is 905. The minimum Gasteiger partial charge on any atom is -0.235 e. The highest BCUT2D eigenvalue weighted by molar-refractivity contribution is 9.10. The van der Waals surface area contributed by atoms with E-state index in [2.05, 4.69) is 76.6 Å². The molecule has 0 aliphatic heterocycles. The molecular formula is C21H14BrNS. The molecular weight excluding hydrogens is 378 g/mol. The lowest BCUT2D eigenvalue weighted by Gasteiger charge is -2.02. The van der Waals surface area contributed by atoms with Crippen LogP contribution in [0.25, 0.3) is 32.3 Å². The van der Waals surface area contributed by atoms with Crippen molar-refractivity contribution < 1.29 is 0 Å². The average Bonchev–Trinajstić information content (AvgIpc) is 3.09. The summed E-state index contributed by atoms with van der Waals surface area (Å²) < 4.78 is 1.07. The summed E-state index contributed by atoms with van der Waals surface area (Å²) in [4.78, 5) is 6.17. The average molecular weight is 392 g/mol. The van der Waals surface area contributed by atoms with Gasteiger partial charge < -0.3 is 0 Å². The van der Waals surface area contributed by atoms with Crippen LogP contribution in [0.2, 0.25) is 0 Å². The van der Waals surface area contributed by atoms with E-state index in [0.717, 1.165) is 26.3 Å². The van der Waals surface area contributed by atoms with Gasteiger partial charge in [0.05, 0.1) is 10.6 Å². The molecule has 24 heavy (non-hydrogen) atoms. The summed E-state index contributed by atoms with van der Waals surface area (Å²) in [7, 11) is 0. The van der Waals surface area contributed by atoms with Crippen LogP contribution in [0.15, 0.2) is 89.4 Å². The molecule has 0 aliphatic carbocycles. The molecule has 0 unspecified atom stereocenters. The lowest BCUT2D eigenvalue weighted by Crippen LogP contribution is -1.82. The predicted molar refractivity (Wildman–Crippen MR) is 106 cm³/mol. The van der Waals surface area contributed by atoms with Crippen molar-refractivity contribution in [2.75, 3.05) is 0 Å². The molecule has 0 amide bonds. The van der Waals surface area contributed by atoms with Crippen molar-refractivity contribution in [2.24, 2.45) is 0 Å². The second-order valence-electron chi connectivity index (χ2n) is 5.44. The molecule has 1 nitrogen and oxygen atoms in total. The highest BCUT2D eigenvalue weighted by Gasteiger charge is 2.15. The normalized spacial score (nSPS) is 10.7. The lowest BCUT2D eigenvalue weighted by atomic mass is 10.1. The van der Waals surface area contributed by atoms with E-state index >= 15 is 0 Å². The fourth-order valence-corrected chi connectivity index (χ4v) is 4.13. The van der Waals surface area contributed by atoms with Gasteiger partial charge in [-0.25, -0.2) is 4.98 Å². The second kappa shape index (κ2) is 6.71. The number of rotatable bonds is 3. The Labute approximate surface area is 153 Å². The van der Waals surface area contributed by atoms with Crippen LogP contribution in [0.4, 0.5) is 0 Å². The summed E-state index contributed by atoms with van der Waals surface area (Å²) in [6.45, 7) is 0. The van der Waals surface area contributed by atoms with Gasteiger partial charge in [0.1, 0.15) is 5.01 Å². The summed E-state index contributed by atoms with van der Waals surface area (Å²) in [5.41, 5.74) is 4.53. The molecule has 0 fully saturated rings. The summed E-state index contributed by atoms with van der Waals surface area (Å²) >= 11 is 5.29. The van der Waals surface area contributed by atoms with Gasteiger partial charge in [-0.2, -0.15) is 0 Å². The Balaban J connectivity index is 1.91. The van der Waals surface area contributed by atoms with Crippen molar-refractivity contribution in [1.82, 2.24) is 4.98 Å². The molecule has 3 heteroatoms. The molecule has 0 N–H and O–H groups in total. The van der Waals surface area contributed by atoms with Crippen molar-refractivity contribution >= 4 is 27.3 Å². The molecule has 4 rings (SSSR count). The Morgan fingerprint density at radius 2 is 1.29 bits per heavy atom. The van der Waals surface area contributed by atoms with Gasteiger partial charge in [-0.15, -0.1) is 11.3 Å². The molecule has 1 heterocycles. The van der Waals surface area contributed by atoms with E-state index in [1.54, 1.807) is 11.3 Å². The molecule has 0 atom stereocenters. The number of hydrogen-bond acceptors (Lipinski definition) is 2. The first-order valence-corrected chi connectivity index (χ1v) is 9.30. The molecule has 1 aromatic heterocycles. The van der Waals surface area contributed by atoms with Crippen molar-refractivity contribution in [3.63, 3.8) is 0 Å². The Morgan fingerprint density at radius 1 is 0.667 bits per heavy atom. The topological polar surface area (TPSA) is 12.9 Å². The van der Waals surface area contributed by atoms with Crippen LogP contribution >= 0.6 is 27.3 Å². The Hall–Kier alpha value is -2.23. The van der Waals surface area contributed by atoms with E-state index in [-0.39, 0.29) is 0 Å². The molecule has 0 saturated carbocycles. The highest BCUT2D eigenvalue weighted by atomic mass is 79.9. The first kappa shape index (κ1) is 15.3. The summed E-state index contributed by atoms with van der Waals surface area (Å²) in [6, 6.07) is 29.2. The van der Waals surface area contributed by atoms with Gasteiger partial charge >= 0.3 is 0 Å². The van der Waals surface area contributed by atoms with Gasteiger partial charge in [0.25, 0.3) is 0 Å². The zero-order chi connectivity index (χ0) is 16.4. The molecule has 4 aromatic rings. The minimum atomic E-state index is 1.04. The van der Waals surface area contributed by atoms with E-state index in [9.17, 15) is 0 Å². The standard InChI is InChI=1S/C21H14BrNS/c22-18-13-7-12-17(14-18)21-23-19(15-8-3-1-4-9-15)20(24-21)16-10-5-2-6-11-16/h1-14H. The zero-order valence-corrected chi connectivity index (χ0v) is 15.2. The Kier molecular flexibility index (Phi) is 4.28. The quantitative estimate of drug-likeness (QED) is 0.369. The van der Waals surface area contributed by atoms with E-state index in [1.165, 1.54) is 10.4 Å². The van der Waals surface area contributed by atoms with Crippen LogP contribution in [0.3, 0.4) is 0 Å². The number of nitrogens with zero attached hydrogens (tertiary/aromatic N) is 1. The Morgan fingerprint density at radius 3 is 1.96 bits per heavy atom. The van der Waals surface area contributed by atoms with E-state index < -0.39 is 0 Å². The minimum absolute atomic E-state index is 1.04. The fourth-order valence-electron chi connectivity index (χ4n) is 2.64. The predicted octanol–water partition coefficient (Wildman–Crippen LogP) is 6.91. The number of halogens is 1. The van der Waals surface area contributed by atoms with Gasteiger partial charge in [-0.1, -0.05) is 88.7 Å². The molecule has 0 radical (unpaired) electrons. The SMILES string of the molecule is Brc1cccc(-c2nc(-c3ccccc3)c(-c3ccccc3)s2)c1. The fraction of sp³-hybridized carbons (Fsp3) is 0. The largest absolute Gasteiger partial charge is 0.235 e. The third-order valence-electron chi connectivity index (χ3n) is 3.78. The van der Waals surface area contributed by atoms with Gasteiger partial charge in [-0.3, -0.25) is 0 Å². The number of hydrogen-bond donors (Lipinski definition) is 0. The highest BCUT2D eigenvalue weighted by Crippen LogP contribution is 2.40. The second-order valence-corrected chi connectivity index (χ2v) is 7.35. The van der Waals surface area contributed by atoms with Gasteiger partial charge in [0.15, 0.2) is 0 Å². The maximum atomic E-state index is 4.97. The number of thiazole rings is 1. The van der Waals surface area contributed by atoms with Gasteiger partial charge in [-0.05, 0) is 17.7 Å². The van der Waals surface area contributed by atoms with Crippen molar-refractivity contribution in [3.8, 4) is 32.3 Å². The molecule has 3 aromatic carbocycles. The molecule has 0 bridgehead atoms. The first-order chi connectivity index (χ1) is 11.8. The van der Waals surface area contributed by atoms with Crippen molar-refractivity contribution in [1.29, 1.82) is 0 Å². The smallest absolute Gasteiger partial charge is 0.124 e. The van der Waals surface area contributed by atoms with E-state index in [0.29, 0.717) is 0 Å². The maximum Gasteiger partial charge on any atom is 0.124 e. The maximum absolute atomic E-state index is 4.97. The van der Waals surface area contributed by atoms with Crippen LogP contribution in [0.1, 0.15) is 0 Å². The van der Waals surface area contributed by atoms with E-state index in [1.807, 2.05) is 24.3 Å². The van der Waals surface area contributed by atoms with Crippen LogP contribution in [-0.2, 0) is 0 Å². The molecule has 0 aliphatic rings. The monoisotopic (exact) mass is 391 g/mol. The zero-order valence-electron chi connectivity index (χ0n) is 12.8. The third kappa shape index (κ3) is 3.05. The van der Waals surface area contributed by atoms with Crippen LogP contribution in [0.5, 0.6) is 0 Å². The van der Waals surface area contributed by atoms with Gasteiger partial charge in [0.2, 0.25) is 0 Å². The number of benzene rings is 3. The van der Waals surface area contributed by atoms with E-state index in [4.69, 9.17) is 4.98 Å². The molecule has 116 valence electrons. The summed E-state index contributed by atoms with van der Waals surface area (Å²) in [5, 5.41) is 1.04. The summed E-state index contributed by atoms with van der Waals surface area (Å²) in [5.74, 6) is 0. The van der Waals surface area contributed by atoms with Crippen LogP contribution < -0.4 is 0 Å². The lowest BCUT2D eigenvalue weighted by molar-refractivity contribution is 1.40. The molecule has 0 saturated heterocycles. The van der Waals surface area contributed by atoms with Crippen molar-refractivity contribution in [2.45, 2.75) is 0 Å². The van der Waals surface area contributed by atoms with Crippen LogP contribution in [0, 0.1) is 0 Å². The van der Waals surface area contributed by atoms with Gasteiger partial charge in [0, 0.05) is 15.6 Å². The number of aromatic nitrogens is 1. The summed E-state index contributed by atoms with van der Waals surface area (Å²) in [6.07, 6.45) is 0. The third-order valence-corrected chi connectivity index (χ3v) is 5.43. The van der Waals surface area contributed by atoms with Crippen molar-refractivity contribution in [3.05, 3.63) is 89.4 Å². The molecule has 0 spiro atoms. The first-order valence-electron chi connectivity index (χ1n) is 7.69.